The third-order valence-corrected chi connectivity index (χ3v) is 4.48. The lowest BCUT2D eigenvalue weighted by Crippen LogP contribution is -2.26. The molecule has 6 heteroatoms. The number of hydrogen-bond donors (Lipinski definition) is 1. The summed E-state index contributed by atoms with van der Waals surface area (Å²) in [6.07, 6.45) is 4.48. The Morgan fingerprint density at radius 1 is 1.07 bits per heavy atom. The van der Waals surface area contributed by atoms with Crippen LogP contribution in [0.2, 0.25) is 5.15 Å². The predicted molar refractivity (Wildman–Crippen MR) is 106 cm³/mol. The van der Waals surface area contributed by atoms with Crippen molar-refractivity contribution in [3.05, 3.63) is 89.3 Å². The fourth-order valence-corrected chi connectivity index (χ4v) is 3.16. The van der Waals surface area contributed by atoms with E-state index in [2.05, 4.69) is 15.4 Å². The number of nitrogens with zero attached hydrogens (tertiary/aromatic N) is 3. The minimum absolute atomic E-state index is 0.161. The van der Waals surface area contributed by atoms with Crippen LogP contribution in [0.25, 0.3) is 16.6 Å². The second-order valence-corrected chi connectivity index (χ2v) is 6.53. The summed E-state index contributed by atoms with van der Waals surface area (Å²) in [5, 5.41) is 8.42. The van der Waals surface area contributed by atoms with Gasteiger partial charge in [-0.1, -0.05) is 48.0 Å². The van der Waals surface area contributed by atoms with Crippen molar-refractivity contribution in [2.24, 2.45) is 0 Å². The van der Waals surface area contributed by atoms with Crippen molar-refractivity contribution in [2.75, 3.05) is 6.54 Å². The zero-order chi connectivity index (χ0) is 18.6. The Bertz CT molecular complexity index is 1090. The minimum atomic E-state index is -0.161. The Labute approximate surface area is 161 Å². The van der Waals surface area contributed by atoms with Gasteiger partial charge < -0.3 is 5.32 Å². The zero-order valence-corrected chi connectivity index (χ0v) is 15.2. The Kier molecular flexibility index (Phi) is 4.85. The van der Waals surface area contributed by atoms with Crippen LogP contribution >= 0.6 is 11.6 Å². The highest BCUT2D eigenvalue weighted by molar-refractivity contribution is 6.30. The van der Waals surface area contributed by atoms with Crippen molar-refractivity contribution in [3.8, 4) is 5.69 Å². The average molecular weight is 377 g/mol. The molecule has 0 saturated heterocycles. The summed E-state index contributed by atoms with van der Waals surface area (Å²) in [4.78, 5) is 16.9. The van der Waals surface area contributed by atoms with Crippen LogP contribution in [0.3, 0.4) is 0 Å². The molecule has 1 amide bonds. The maximum atomic E-state index is 12.6. The van der Waals surface area contributed by atoms with Crippen molar-refractivity contribution < 1.29 is 4.79 Å². The fraction of sp³-hybridized carbons (Fsp3) is 0.0952. The van der Waals surface area contributed by atoms with Crippen LogP contribution in [-0.2, 0) is 6.42 Å². The molecular weight excluding hydrogens is 360 g/mol. The molecule has 5 nitrogen and oxygen atoms in total. The van der Waals surface area contributed by atoms with Gasteiger partial charge in [-0.2, -0.15) is 5.10 Å². The number of amides is 1. The molecule has 0 spiro atoms. The van der Waals surface area contributed by atoms with E-state index in [1.165, 1.54) is 0 Å². The van der Waals surface area contributed by atoms with E-state index in [9.17, 15) is 4.79 Å². The summed E-state index contributed by atoms with van der Waals surface area (Å²) >= 11 is 6.06. The fourth-order valence-electron chi connectivity index (χ4n) is 2.96. The molecule has 2 heterocycles. The van der Waals surface area contributed by atoms with Crippen LogP contribution in [0.4, 0.5) is 0 Å². The highest BCUT2D eigenvalue weighted by Crippen LogP contribution is 2.20. The molecule has 2 aromatic carbocycles. The summed E-state index contributed by atoms with van der Waals surface area (Å²) < 4.78 is 1.83. The summed E-state index contributed by atoms with van der Waals surface area (Å²) in [6, 6.07) is 19.0. The van der Waals surface area contributed by atoms with Gasteiger partial charge in [-0.3, -0.25) is 4.79 Å². The lowest BCUT2D eigenvalue weighted by molar-refractivity contribution is 0.0955. The van der Waals surface area contributed by atoms with Gasteiger partial charge in [0.05, 0.1) is 23.0 Å². The standard InChI is InChI=1S/C21H17ClN4O/c22-20-12-18(17-8-4-5-9-19(17)25-20)21(27)23-11-10-15-13-24-26(14-15)16-6-2-1-3-7-16/h1-9,12-14H,10-11H2,(H,23,27). The monoisotopic (exact) mass is 376 g/mol. The minimum Gasteiger partial charge on any atom is -0.352 e. The van der Waals surface area contributed by atoms with Crippen molar-refractivity contribution in [2.45, 2.75) is 6.42 Å². The molecule has 1 N–H and O–H groups in total. The van der Waals surface area contributed by atoms with Crippen molar-refractivity contribution in [3.63, 3.8) is 0 Å². The molecule has 134 valence electrons. The molecule has 27 heavy (non-hydrogen) atoms. The number of aromatic nitrogens is 3. The molecule has 0 unspecified atom stereocenters. The van der Waals surface area contributed by atoms with E-state index in [1.807, 2.05) is 71.7 Å². The Morgan fingerprint density at radius 2 is 1.85 bits per heavy atom. The van der Waals surface area contributed by atoms with E-state index in [0.717, 1.165) is 16.6 Å². The Hall–Kier alpha value is -3.18. The SMILES string of the molecule is O=C(NCCc1cnn(-c2ccccc2)c1)c1cc(Cl)nc2ccccc12. The molecule has 4 aromatic rings. The normalized spacial score (nSPS) is 10.9. The molecule has 0 aliphatic heterocycles. The number of carbonyl (C=O) groups is 1. The van der Waals surface area contributed by atoms with Gasteiger partial charge in [0.15, 0.2) is 0 Å². The van der Waals surface area contributed by atoms with Crippen LogP contribution in [0.5, 0.6) is 0 Å². The maximum absolute atomic E-state index is 12.6. The Morgan fingerprint density at radius 3 is 2.70 bits per heavy atom. The van der Waals surface area contributed by atoms with Crippen molar-refractivity contribution in [1.82, 2.24) is 20.1 Å². The first-order valence-corrected chi connectivity index (χ1v) is 9.01. The Balaban J connectivity index is 1.43. The molecule has 0 fully saturated rings. The topological polar surface area (TPSA) is 59.8 Å². The van der Waals surface area contributed by atoms with E-state index < -0.39 is 0 Å². The first-order chi connectivity index (χ1) is 13.2. The summed E-state index contributed by atoms with van der Waals surface area (Å²) in [5.41, 5.74) is 3.30. The number of nitrogens with one attached hydrogen (secondary N) is 1. The third kappa shape index (κ3) is 3.83. The lowest BCUT2D eigenvalue weighted by Gasteiger charge is -2.08. The zero-order valence-electron chi connectivity index (χ0n) is 14.5. The molecule has 0 saturated carbocycles. The summed E-state index contributed by atoms with van der Waals surface area (Å²) in [6.45, 7) is 0.508. The predicted octanol–water partition coefficient (Wildman–Crippen LogP) is 4.05. The van der Waals surface area contributed by atoms with E-state index in [0.29, 0.717) is 29.2 Å². The van der Waals surface area contributed by atoms with Crippen molar-refractivity contribution >= 4 is 28.4 Å². The van der Waals surface area contributed by atoms with Crippen molar-refractivity contribution in [1.29, 1.82) is 0 Å². The number of halogens is 1. The highest BCUT2D eigenvalue weighted by Gasteiger charge is 2.12. The van der Waals surface area contributed by atoms with E-state index >= 15 is 0 Å². The second-order valence-electron chi connectivity index (χ2n) is 6.14. The number of carbonyl (C=O) groups excluding carboxylic acids is 1. The highest BCUT2D eigenvalue weighted by atomic mass is 35.5. The van der Waals surface area contributed by atoms with Gasteiger partial charge >= 0.3 is 0 Å². The summed E-state index contributed by atoms with van der Waals surface area (Å²) in [5.74, 6) is -0.161. The summed E-state index contributed by atoms with van der Waals surface area (Å²) in [7, 11) is 0. The van der Waals surface area contributed by atoms with Gasteiger partial charge in [0.2, 0.25) is 0 Å². The van der Waals surface area contributed by atoms with E-state index in [1.54, 1.807) is 6.07 Å². The van der Waals surface area contributed by atoms with Gasteiger partial charge in [-0.25, -0.2) is 9.67 Å². The molecular formula is C21H17ClN4O. The van der Waals surface area contributed by atoms with Crippen LogP contribution in [0.1, 0.15) is 15.9 Å². The molecule has 0 aliphatic rings. The first kappa shape index (κ1) is 17.2. The molecule has 0 aliphatic carbocycles. The van der Waals surface area contributed by atoms with E-state index in [4.69, 9.17) is 11.6 Å². The number of fused-ring (bicyclic) bond motifs is 1. The molecule has 0 radical (unpaired) electrons. The van der Waals surface area contributed by atoms with Gasteiger partial charge in [0.25, 0.3) is 5.91 Å². The molecule has 0 bridgehead atoms. The van der Waals surface area contributed by atoms with E-state index in [-0.39, 0.29) is 5.91 Å². The quantitative estimate of drug-likeness (QED) is 0.534. The van der Waals surface area contributed by atoms with Gasteiger partial charge in [-0.15, -0.1) is 0 Å². The second kappa shape index (κ2) is 7.60. The smallest absolute Gasteiger partial charge is 0.252 e. The van der Waals surface area contributed by atoms with Crippen LogP contribution in [-0.4, -0.2) is 27.2 Å². The van der Waals surface area contributed by atoms with Crippen LogP contribution in [0.15, 0.2) is 73.1 Å². The van der Waals surface area contributed by atoms with Gasteiger partial charge in [-0.05, 0) is 36.2 Å². The first-order valence-electron chi connectivity index (χ1n) is 8.63. The maximum Gasteiger partial charge on any atom is 0.252 e. The lowest BCUT2D eigenvalue weighted by atomic mass is 10.1. The van der Waals surface area contributed by atoms with Crippen LogP contribution in [0, 0.1) is 0 Å². The molecule has 0 atom stereocenters. The number of para-hydroxylation sites is 2. The van der Waals surface area contributed by atoms with Gasteiger partial charge in [0.1, 0.15) is 5.15 Å². The number of rotatable bonds is 5. The van der Waals surface area contributed by atoms with Gasteiger partial charge in [0, 0.05) is 18.1 Å². The molecule has 4 rings (SSSR count). The number of hydrogen-bond acceptors (Lipinski definition) is 3. The third-order valence-electron chi connectivity index (χ3n) is 4.29. The van der Waals surface area contributed by atoms with Crippen LogP contribution < -0.4 is 5.32 Å². The number of benzene rings is 2. The number of pyridine rings is 1. The molecule has 2 aromatic heterocycles. The average Bonchev–Trinajstić information content (AvgIpc) is 3.17. The largest absolute Gasteiger partial charge is 0.352 e.